The quantitative estimate of drug-likeness (QED) is 0.336. The number of hydrogen-bond acceptors (Lipinski definition) is 6. The molecule has 0 amide bonds. The summed E-state index contributed by atoms with van der Waals surface area (Å²) in [4.78, 5) is 0. The van der Waals surface area contributed by atoms with E-state index in [0.29, 0.717) is 0 Å². The highest BCUT2D eigenvalue weighted by Crippen LogP contribution is 2.63. The van der Waals surface area contributed by atoms with Gasteiger partial charge in [0.05, 0.1) is 6.61 Å². The van der Waals surface area contributed by atoms with Gasteiger partial charge in [-0.2, -0.15) is 0 Å². The molecule has 2 saturated heterocycles. The largest absolute Gasteiger partial charge is 0.394 e. The summed E-state index contributed by atoms with van der Waals surface area (Å²) in [5.74, 6) is 0. The highest BCUT2D eigenvalue weighted by molar-refractivity contribution is 5.31. The Bertz CT molecular complexity index is 288. The molecule has 0 aromatic heterocycles. The molecule has 1 saturated carbocycles. The van der Waals surface area contributed by atoms with Crippen LogP contribution in [0.5, 0.6) is 0 Å². The summed E-state index contributed by atoms with van der Waals surface area (Å²) in [6, 6.07) is 0. The Labute approximate surface area is 86.7 Å². The molecule has 0 radical (unpaired) electrons. The van der Waals surface area contributed by atoms with Crippen molar-refractivity contribution in [1.29, 1.82) is 0 Å². The molecule has 5 atom stereocenters. The Morgan fingerprint density at radius 2 is 1.67 bits per heavy atom. The summed E-state index contributed by atoms with van der Waals surface area (Å²) in [6.45, 7) is 2.48. The van der Waals surface area contributed by atoms with E-state index in [2.05, 4.69) is 0 Å². The normalized spacial score (nSPS) is 57.4. The smallest absolute Gasteiger partial charge is 0.187 e. The number of aliphatic hydroxyl groups is 5. The fourth-order valence-corrected chi connectivity index (χ4v) is 2.83. The summed E-state index contributed by atoms with van der Waals surface area (Å²) < 4.78 is 4.86. The molecule has 1 aliphatic carbocycles. The van der Waals surface area contributed by atoms with Crippen molar-refractivity contribution in [3.8, 4) is 0 Å². The van der Waals surface area contributed by atoms with Gasteiger partial charge in [-0.05, 0) is 0 Å². The lowest BCUT2D eigenvalue weighted by Crippen LogP contribution is -2.93. The minimum Gasteiger partial charge on any atom is -0.394 e. The van der Waals surface area contributed by atoms with Crippen molar-refractivity contribution in [2.24, 2.45) is 5.41 Å². The van der Waals surface area contributed by atoms with Gasteiger partial charge in [0, 0.05) is 5.41 Å². The third kappa shape index (κ3) is 0.834. The van der Waals surface area contributed by atoms with E-state index in [1.807, 2.05) is 0 Å². The Kier molecular flexibility index (Phi) is 2.03. The second-order valence-corrected chi connectivity index (χ2v) is 4.84. The fourth-order valence-electron chi connectivity index (χ4n) is 2.83. The second-order valence-electron chi connectivity index (χ2n) is 4.84. The van der Waals surface area contributed by atoms with Crippen molar-refractivity contribution < 1.29 is 30.3 Å². The molecule has 3 rings (SSSR count). The van der Waals surface area contributed by atoms with E-state index < -0.39 is 41.7 Å². The molecule has 2 aliphatic heterocycles. The van der Waals surface area contributed by atoms with Crippen molar-refractivity contribution >= 4 is 0 Å². The van der Waals surface area contributed by atoms with Crippen LogP contribution in [0, 0.1) is 5.41 Å². The zero-order valence-electron chi connectivity index (χ0n) is 8.58. The van der Waals surface area contributed by atoms with E-state index in [9.17, 15) is 20.4 Å². The zero-order valence-corrected chi connectivity index (χ0v) is 8.58. The molecule has 6 heteroatoms. The molecule has 2 heterocycles. The standard InChI is InChI=1S/C9H16O6/c1-7(2)8(13)4(3-10)15-6(12)9(7,14)5(8)11/h4-6,10-14H,3H2,1-2H3/t4-,5+,6?,8-,9-/m1/s1. The molecule has 5 N–H and O–H groups in total. The van der Waals surface area contributed by atoms with Crippen molar-refractivity contribution in [2.45, 2.75) is 43.5 Å². The Morgan fingerprint density at radius 1 is 1.13 bits per heavy atom. The van der Waals surface area contributed by atoms with Crippen molar-refractivity contribution in [3.63, 3.8) is 0 Å². The Morgan fingerprint density at radius 3 is 2.07 bits per heavy atom. The maximum absolute atomic E-state index is 10.2. The van der Waals surface area contributed by atoms with E-state index in [4.69, 9.17) is 9.84 Å². The lowest BCUT2D eigenvalue weighted by Gasteiger charge is -2.72. The predicted molar refractivity (Wildman–Crippen MR) is 47.7 cm³/mol. The summed E-state index contributed by atoms with van der Waals surface area (Å²) in [5.41, 5.74) is -4.78. The van der Waals surface area contributed by atoms with Gasteiger partial charge >= 0.3 is 0 Å². The second kappa shape index (κ2) is 2.71. The van der Waals surface area contributed by atoms with Crippen LogP contribution >= 0.6 is 0 Å². The average Bonchev–Trinajstić information content (AvgIpc) is 2.19. The maximum Gasteiger partial charge on any atom is 0.187 e. The van der Waals surface area contributed by atoms with Gasteiger partial charge in [0.25, 0.3) is 0 Å². The van der Waals surface area contributed by atoms with Gasteiger partial charge in [0.15, 0.2) is 11.9 Å². The first-order valence-corrected chi connectivity index (χ1v) is 4.81. The minimum atomic E-state index is -1.90. The van der Waals surface area contributed by atoms with E-state index in [1.165, 1.54) is 13.8 Å². The molecular weight excluding hydrogens is 204 g/mol. The van der Waals surface area contributed by atoms with E-state index >= 15 is 0 Å². The van der Waals surface area contributed by atoms with Gasteiger partial charge in [0.1, 0.15) is 17.8 Å². The van der Waals surface area contributed by atoms with Crippen LogP contribution < -0.4 is 0 Å². The van der Waals surface area contributed by atoms with Crippen LogP contribution in [0.4, 0.5) is 0 Å². The zero-order chi connectivity index (χ0) is 11.6. The van der Waals surface area contributed by atoms with Gasteiger partial charge in [-0.25, -0.2) is 0 Å². The summed E-state index contributed by atoms with van der Waals surface area (Å²) in [5, 5.41) is 48.4. The first kappa shape index (κ1) is 11.3. The SMILES string of the molecule is CC1(C)[C@@]2(O)[C@@H](CO)OC(O)[C@]1(O)[C@H]2O. The number of fused-ring (bicyclic) bond motifs is 2. The molecule has 0 spiro atoms. The molecule has 3 fully saturated rings. The van der Waals surface area contributed by atoms with Crippen molar-refractivity contribution in [1.82, 2.24) is 0 Å². The topological polar surface area (TPSA) is 110 Å². The molecule has 2 bridgehead atoms. The molecule has 88 valence electrons. The molecular formula is C9H16O6. The summed E-state index contributed by atoms with van der Waals surface area (Å²) >= 11 is 0. The third-order valence-electron chi connectivity index (χ3n) is 4.16. The van der Waals surface area contributed by atoms with E-state index in [-0.39, 0.29) is 0 Å². The fraction of sp³-hybridized carbons (Fsp3) is 1.00. The molecule has 0 aromatic carbocycles. The lowest BCUT2D eigenvalue weighted by atomic mass is 9.43. The summed E-state index contributed by atoms with van der Waals surface area (Å²) in [6.07, 6.45) is -4.25. The molecule has 0 aromatic rings. The number of hydrogen-bond donors (Lipinski definition) is 5. The average molecular weight is 220 g/mol. The van der Waals surface area contributed by atoms with Crippen molar-refractivity contribution in [2.75, 3.05) is 6.61 Å². The van der Waals surface area contributed by atoms with Crippen LogP contribution in [0.15, 0.2) is 0 Å². The molecule has 1 unspecified atom stereocenters. The molecule has 3 aliphatic rings. The minimum absolute atomic E-state index is 0.538. The number of aliphatic hydroxyl groups excluding tert-OH is 3. The van der Waals surface area contributed by atoms with Gasteiger partial charge in [-0.15, -0.1) is 0 Å². The van der Waals surface area contributed by atoms with Gasteiger partial charge in [0.2, 0.25) is 0 Å². The van der Waals surface area contributed by atoms with Crippen LogP contribution in [0.3, 0.4) is 0 Å². The molecule has 15 heavy (non-hydrogen) atoms. The van der Waals surface area contributed by atoms with Crippen LogP contribution in [-0.4, -0.2) is 61.8 Å². The first-order valence-electron chi connectivity index (χ1n) is 4.81. The Hall–Kier alpha value is -0.240. The predicted octanol–water partition coefficient (Wildman–Crippen LogP) is -2.44. The maximum atomic E-state index is 10.2. The van der Waals surface area contributed by atoms with E-state index in [0.717, 1.165) is 0 Å². The third-order valence-corrected chi connectivity index (χ3v) is 4.16. The van der Waals surface area contributed by atoms with Crippen LogP contribution in [0.2, 0.25) is 0 Å². The van der Waals surface area contributed by atoms with Crippen LogP contribution in [0.25, 0.3) is 0 Å². The monoisotopic (exact) mass is 220 g/mol. The number of rotatable bonds is 1. The van der Waals surface area contributed by atoms with Crippen molar-refractivity contribution in [3.05, 3.63) is 0 Å². The molecule has 6 nitrogen and oxygen atoms in total. The van der Waals surface area contributed by atoms with Crippen LogP contribution in [-0.2, 0) is 4.74 Å². The van der Waals surface area contributed by atoms with Gasteiger partial charge in [-0.1, -0.05) is 13.8 Å². The first-order chi connectivity index (χ1) is 6.74. The summed E-state index contributed by atoms with van der Waals surface area (Å²) in [7, 11) is 0. The van der Waals surface area contributed by atoms with Crippen LogP contribution in [0.1, 0.15) is 13.8 Å². The highest BCUT2D eigenvalue weighted by Gasteiger charge is 2.84. The van der Waals surface area contributed by atoms with Gasteiger partial charge < -0.3 is 30.3 Å². The highest BCUT2D eigenvalue weighted by atomic mass is 16.7. The lowest BCUT2D eigenvalue weighted by molar-refractivity contribution is -0.483. The van der Waals surface area contributed by atoms with E-state index in [1.54, 1.807) is 0 Å². The Balaban J connectivity index is 2.47. The van der Waals surface area contributed by atoms with Gasteiger partial charge in [-0.3, -0.25) is 0 Å². The number of ether oxygens (including phenoxy) is 1.